The zero-order valence-electron chi connectivity index (χ0n) is 25.5. The number of nitrogens with zero attached hydrogens (tertiary/aromatic N) is 2. The highest BCUT2D eigenvalue weighted by Crippen LogP contribution is 2.27. The molecule has 2 fully saturated rings. The van der Waals surface area contributed by atoms with Gasteiger partial charge in [0.25, 0.3) is 0 Å². The molecule has 5 rings (SSSR count). The van der Waals surface area contributed by atoms with E-state index >= 15 is 0 Å². The van der Waals surface area contributed by atoms with Crippen LogP contribution in [-0.2, 0) is 9.59 Å². The zero-order chi connectivity index (χ0) is 30.6. The van der Waals surface area contributed by atoms with Crippen LogP contribution in [-0.4, -0.2) is 73.0 Å². The first-order valence-corrected chi connectivity index (χ1v) is 17.2. The molecule has 0 aromatic heterocycles. The fourth-order valence-electron chi connectivity index (χ4n) is 6.36. The summed E-state index contributed by atoms with van der Waals surface area (Å²) in [6, 6.07) is 28.9. The van der Waals surface area contributed by atoms with Gasteiger partial charge in [0.2, 0.25) is 11.8 Å². The van der Waals surface area contributed by atoms with E-state index in [1.807, 2.05) is 42.5 Å². The molecule has 2 aliphatic heterocycles. The Morgan fingerprint density at radius 2 is 1.57 bits per heavy atom. The van der Waals surface area contributed by atoms with Gasteiger partial charge < -0.3 is 20.4 Å². The quantitative estimate of drug-likeness (QED) is 0.177. The second-order valence-corrected chi connectivity index (χ2v) is 13.3. The maximum absolute atomic E-state index is 14.1. The van der Waals surface area contributed by atoms with Crippen LogP contribution in [0.25, 0.3) is 6.08 Å². The third-order valence-corrected chi connectivity index (χ3v) is 9.56. The average Bonchev–Trinajstić information content (AvgIpc) is 3.21. The lowest BCUT2D eigenvalue weighted by Crippen LogP contribution is -2.49. The minimum Gasteiger partial charge on any atom is -0.351 e. The Morgan fingerprint density at radius 3 is 2.23 bits per heavy atom. The number of rotatable bonds is 12. The first kappa shape index (κ1) is 32.4. The lowest BCUT2D eigenvalue weighted by Gasteiger charge is -2.30. The van der Waals surface area contributed by atoms with Crippen molar-refractivity contribution >= 4 is 40.5 Å². The summed E-state index contributed by atoms with van der Waals surface area (Å²) < 4.78 is 1.16. The number of likely N-dealkylation sites (tertiary alicyclic amines) is 1. The van der Waals surface area contributed by atoms with Crippen molar-refractivity contribution in [2.75, 3.05) is 39.3 Å². The maximum Gasteiger partial charge on any atom is 0.244 e. The summed E-state index contributed by atoms with van der Waals surface area (Å²) in [5.41, 5.74) is 3.43. The number of benzene rings is 3. The van der Waals surface area contributed by atoms with E-state index < -0.39 is 0 Å². The van der Waals surface area contributed by atoms with Crippen LogP contribution >= 0.6 is 22.6 Å². The summed E-state index contributed by atoms with van der Waals surface area (Å²) in [6.45, 7) is 5.14. The Bertz CT molecular complexity index is 1300. The van der Waals surface area contributed by atoms with Crippen LogP contribution in [0.1, 0.15) is 61.1 Å². The summed E-state index contributed by atoms with van der Waals surface area (Å²) in [6.07, 6.45) is 9.87. The van der Waals surface area contributed by atoms with E-state index in [1.54, 1.807) is 6.08 Å². The van der Waals surface area contributed by atoms with Crippen LogP contribution in [0.15, 0.2) is 91.0 Å². The zero-order valence-corrected chi connectivity index (χ0v) is 27.7. The van der Waals surface area contributed by atoms with E-state index in [0.717, 1.165) is 34.9 Å². The predicted octanol–water partition coefficient (Wildman–Crippen LogP) is 6.08. The molecular formula is C37H45IN4O2. The number of carbonyl (C=O) groups excluding carboxylic acids is 2. The number of carbonyl (C=O) groups is 2. The number of piperidine rings is 1. The standard InChI is InChI=1S/C37H45IN4O2/c38-32-19-16-29(17-20-32)18-21-36(43)39-27-33-22-26-42(37(44)35(40-33)15-10-25-41-23-8-3-9-24-41)28-34(30-11-4-1-5-12-30)31-13-6-2-7-14-31/h1-2,4-7,11-14,16-21,33-35,40H,3,8-10,15,22-28H2,(H,39,43)/b21-18+/t33-,35-/m0/s1. The molecule has 0 spiro atoms. The molecular weight excluding hydrogens is 659 g/mol. The molecule has 2 N–H and O–H groups in total. The van der Waals surface area contributed by atoms with Gasteiger partial charge in [-0.05, 0) is 109 Å². The monoisotopic (exact) mass is 704 g/mol. The predicted molar refractivity (Wildman–Crippen MR) is 187 cm³/mol. The van der Waals surface area contributed by atoms with Crippen molar-refractivity contribution in [1.82, 2.24) is 20.4 Å². The summed E-state index contributed by atoms with van der Waals surface area (Å²) in [5.74, 6) is 0.151. The van der Waals surface area contributed by atoms with E-state index in [4.69, 9.17) is 0 Å². The normalized spacial score (nSPS) is 19.8. The van der Waals surface area contributed by atoms with Crippen LogP contribution in [0.2, 0.25) is 0 Å². The molecule has 0 unspecified atom stereocenters. The third-order valence-electron chi connectivity index (χ3n) is 8.84. The van der Waals surface area contributed by atoms with Crippen molar-refractivity contribution in [3.05, 3.63) is 111 Å². The molecule has 2 atom stereocenters. The minimum absolute atomic E-state index is 0.0199. The SMILES string of the molecule is O=C(/C=C/c1ccc(I)cc1)NC[C@@H]1CCN(CC(c2ccccc2)c2ccccc2)C(=O)[C@H](CCCN2CCCCC2)N1. The molecule has 2 saturated heterocycles. The van der Waals surface area contributed by atoms with Crippen molar-refractivity contribution < 1.29 is 9.59 Å². The van der Waals surface area contributed by atoms with Gasteiger partial charge in [-0.3, -0.25) is 9.59 Å². The van der Waals surface area contributed by atoms with E-state index in [-0.39, 0.29) is 29.8 Å². The van der Waals surface area contributed by atoms with Gasteiger partial charge in [-0.15, -0.1) is 0 Å². The van der Waals surface area contributed by atoms with Gasteiger partial charge in [-0.25, -0.2) is 0 Å². The molecule has 2 aliphatic rings. The molecule has 0 bridgehead atoms. The average molecular weight is 705 g/mol. The second-order valence-electron chi connectivity index (χ2n) is 12.0. The highest BCUT2D eigenvalue weighted by Gasteiger charge is 2.32. The Balaban J connectivity index is 1.26. The smallest absolute Gasteiger partial charge is 0.244 e. The largest absolute Gasteiger partial charge is 0.351 e. The molecule has 6 nitrogen and oxygen atoms in total. The second kappa shape index (κ2) is 16.9. The highest BCUT2D eigenvalue weighted by atomic mass is 127. The molecule has 2 amide bonds. The van der Waals surface area contributed by atoms with Crippen LogP contribution in [0.3, 0.4) is 0 Å². The molecule has 0 saturated carbocycles. The topological polar surface area (TPSA) is 64.7 Å². The first-order chi connectivity index (χ1) is 21.5. The maximum atomic E-state index is 14.1. The number of halogens is 1. The van der Waals surface area contributed by atoms with E-state index in [2.05, 4.69) is 91.6 Å². The van der Waals surface area contributed by atoms with Crippen LogP contribution in [0, 0.1) is 3.57 Å². The van der Waals surface area contributed by atoms with Gasteiger partial charge in [0, 0.05) is 41.2 Å². The van der Waals surface area contributed by atoms with Gasteiger partial charge in [0.1, 0.15) is 0 Å². The fraction of sp³-hybridized carbons (Fsp3) is 0.405. The molecule has 0 radical (unpaired) electrons. The van der Waals surface area contributed by atoms with Crippen molar-refractivity contribution in [2.45, 2.75) is 56.5 Å². The summed E-state index contributed by atoms with van der Waals surface area (Å²) in [7, 11) is 0. The van der Waals surface area contributed by atoms with Crippen LogP contribution in [0.5, 0.6) is 0 Å². The molecule has 44 heavy (non-hydrogen) atoms. The van der Waals surface area contributed by atoms with Crippen LogP contribution in [0.4, 0.5) is 0 Å². The molecule has 3 aromatic carbocycles. The van der Waals surface area contributed by atoms with E-state index in [0.29, 0.717) is 19.6 Å². The van der Waals surface area contributed by atoms with Crippen molar-refractivity contribution in [3.8, 4) is 0 Å². The van der Waals surface area contributed by atoms with Crippen molar-refractivity contribution in [2.24, 2.45) is 0 Å². The number of amides is 2. The van der Waals surface area contributed by atoms with Gasteiger partial charge >= 0.3 is 0 Å². The van der Waals surface area contributed by atoms with E-state index in [1.165, 1.54) is 43.5 Å². The highest BCUT2D eigenvalue weighted by molar-refractivity contribution is 14.1. The summed E-state index contributed by atoms with van der Waals surface area (Å²) in [4.78, 5) is 31.5. The van der Waals surface area contributed by atoms with E-state index in [9.17, 15) is 9.59 Å². The lowest BCUT2D eigenvalue weighted by atomic mass is 9.90. The summed E-state index contributed by atoms with van der Waals surface area (Å²) in [5, 5.41) is 6.76. The van der Waals surface area contributed by atoms with Gasteiger partial charge in [-0.1, -0.05) is 79.2 Å². The lowest BCUT2D eigenvalue weighted by molar-refractivity contribution is -0.133. The number of hydrogen-bond acceptors (Lipinski definition) is 4. The molecule has 7 heteroatoms. The van der Waals surface area contributed by atoms with Crippen molar-refractivity contribution in [3.63, 3.8) is 0 Å². The Kier molecular flexibility index (Phi) is 12.4. The Morgan fingerprint density at radius 1 is 0.909 bits per heavy atom. The minimum atomic E-state index is -0.265. The summed E-state index contributed by atoms with van der Waals surface area (Å²) >= 11 is 2.27. The Labute approximate surface area is 276 Å². The third kappa shape index (κ3) is 9.74. The molecule has 3 aromatic rings. The van der Waals surface area contributed by atoms with Gasteiger partial charge in [0.05, 0.1) is 6.04 Å². The van der Waals surface area contributed by atoms with Crippen molar-refractivity contribution in [1.29, 1.82) is 0 Å². The number of hydrogen-bond donors (Lipinski definition) is 2. The molecule has 0 aliphatic carbocycles. The number of nitrogens with one attached hydrogen (secondary N) is 2. The molecule has 2 heterocycles. The van der Waals surface area contributed by atoms with Gasteiger partial charge in [-0.2, -0.15) is 0 Å². The molecule has 232 valence electrons. The Hall–Kier alpha value is -3.01. The fourth-order valence-corrected chi connectivity index (χ4v) is 6.71. The van der Waals surface area contributed by atoms with Gasteiger partial charge in [0.15, 0.2) is 0 Å². The van der Waals surface area contributed by atoms with Crippen LogP contribution < -0.4 is 10.6 Å². The first-order valence-electron chi connectivity index (χ1n) is 16.1.